The SMILES string of the molecule is CNC(=O)Nc1ccc(C)n(CC(=O)NCc2ccccc2OC)c1=O. The number of carbonyl (C=O) groups is 2. The smallest absolute Gasteiger partial charge is 0.319 e. The van der Waals surface area contributed by atoms with Gasteiger partial charge >= 0.3 is 6.03 Å². The summed E-state index contributed by atoms with van der Waals surface area (Å²) in [5, 5.41) is 7.59. The van der Waals surface area contributed by atoms with Gasteiger partial charge in [0.2, 0.25) is 5.91 Å². The minimum absolute atomic E-state index is 0.104. The Kier molecular flexibility index (Phi) is 6.37. The number of pyridine rings is 1. The van der Waals surface area contributed by atoms with Gasteiger partial charge in [0.25, 0.3) is 5.56 Å². The van der Waals surface area contributed by atoms with E-state index >= 15 is 0 Å². The van der Waals surface area contributed by atoms with Crippen molar-refractivity contribution >= 4 is 17.6 Å². The van der Waals surface area contributed by atoms with Crippen LogP contribution < -0.4 is 26.2 Å². The molecule has 0 saturated carbocycles. The lowest BCUT2D eigenvalue weighted by molar-refractivity contribution is -0.121. The van der Waals surface area contributed by atoms with Gasteiger partial charge in [0.05, 0.1) is 7.11 Å². The molecule has 138 valence electrons. The zero-order chi connectivity index (χ0) is 19.1. The Hall–Kier alpha value is -3.29. The van der Waals surface area contributed by atoms with Gasteiger partial charge in [-0.05, 0) is 25.1 Å². The molecule has 2 aromatic rings. The summed E-state index contributed by atoms with van der Waals surface area (Å²) in [4.78, 5) is 36.2. The number of para-hydroxylation sites is 1. The van der Waals surface area contributed by atoms with Gasteiger partial charge in [-0.1, -0.05) is 18.2 Å². The molecule has 3 amide bonds. The summed E-state index contributed by atoms with van der Waals surface area (Å²) in [5.74, 6) is 0.358. The summed E-state index contributed by atoms with van der Waals surface area (Å²) >= 11 is 0. The Morgan fingerprint density at radius 2 is 1.88 bits per heavy atom. The molecule has 3 N–H and O–H groups in total. The number of carbonyl (C=O) groups excluding carboxylic acids is 2. The fourth-order valence-electron chi connectivity index (χ4n) is 2.39. The molecule has 0 fully saturated rings. The Bertz CT molecular complexity index is 861. The molecule has 1 aromatic heterocycles. The van der Waals surface area contributed by atoms with Gasteiger partial charge in [-0.25, -0.2) is 4.79 Å². The fourth-order valence-corrected chi connectivity index (χ4v) is 2.39. The number of urea groups is 1. The highest BCUT2D eigenvalue weighted by Crippen LogP contribution is 2.16. The van der Waals surface area contributed by atoms with E-state index in [0.29, 0.717) is 11.4 Å². The van der Waals surface area contributed by atoms with E-state index in [-0.39, 0.29) is 24.7 Å². The summed E-state index contributed by atoms with van der Waals surface area (Å²) in [7, 11) is 3.02. The van der Waals surface area contributed by atoms with Crippen LogP contribution >= 0.6 is 0 Å². The van der Waals surface area contributed by atoms with Crippen LogP contribution in [0.2, 0.25) is 0 Å². The second-order valence-electron chi connectivity index (χ2n) is 5.57. The molecule has 0 spiro atoms. The van der Waals surface area contributed by atoms with Crippen molar-refractivity contribution in [2.45, 2.75) is 20.0 Å². The molecular weight excluding hydrogens is 336 g/mol. The number of nitrogens with zero attached hydrogens (tertiary/aromatic N) is 1. The number of methoxy groups -OCH3 is 1. The number of amides is 3. The first-order valence-corrected chi connectivity index (χ1v) is 8.04. The van der Waals surface area contributed by atoms with Gasteiger partial charge in [-0.2, -0.15) is 0 Å². The van der Waals surface area contributed by atoms with Crippen LogP contribution in [-0.2, 0) is 17.9 Å². The number of ether oxygens (including phenoxy) is 1. The molecule has 1 heterocycles. The second kappa shape index (κ2) is 8.70. The summed E-state index contributed by atoms with van der Waals surface area (Å²) in [6, 6.07) is 10.0. The predicted molar refractivity (Wildman–Crippen MR) is 98.4 cm³/mol. The second-order valence-corrected chi connectivity index (χ2v) is 5.57. The van der Waals surface area contributed by atoms with Crippen molar-refractivity contribution in [1.29, 1.82) is 0 Å². The molecule has 8 heteroatoms. The summed E-state index contributed by atoms with van der Waals surface area (Å²) in [6.07, 6.45) is 0. The summed E-state index contributed by atoms with van der Waals surface area (Å²) < 4.78 is 6.55. The van der Waals surface area contributed by atoms with E-state index < -0.39 is 11.6 Å². The number of benzene rings is 1. The van der Waals surface area contributed by atoms with Gasteiger partial charge in [0.1, 0.15) is 18.0 Å². The van der Waals surface area contributed by atoms with Crippen molar-refractivity contribution in [3.8, 4) is 5.75 Å². The lowest BCUT2D eigenvalue weighted by Gasteiger charge is -2.13. The maximum absolute atomic E-state index is 12.5. The normalized spacial score (nSPS) is 10.1. The van der Waals surface area contributed by atoms with Crippen LogP contribution in [0.15, 0.2) is 41.2 Å². The van der Waals surface area contributed by atoms with Gasteiger partial charge in [-0.3, -0.25) is 9.59 Å². The van der Waals surface area contributed by atoms with E-state index in [9.17, 15) is 14.4 Å². The molecular formula is C18H22N4O4. The number of rotatable bonds is 6. The molecule has 0 aliphatic carbocycles. The minimum Gasteiger partial charge on any atom is -0.496 e. The number of anilines is 1. The first kappa shape index (κ1) is 19.0. The molecule has 0 aliphatic rings. The maximum Gasteiger partial charge on any atom is 0.319 e. The van der Waals surface area contributed by atoms with Crippen molar-refractivity contribution in [2.75, 3.05) is 19.5 Å². The Labute approximate surface area is 151 Å². The zero-order valence-electron chi connectivity index (χ0n) is 15.0. The lowest BCUT2D eigenvalue weighted by atomic mass is 10.2. The quantitative estimate of drug-likeness (QED) is 0.723. The van der Waals surface area contributed by atoms with Crippen LogP contribution in [0, 0.1) is 6.92 Å². The van der Waals surface area contributed by atoms with Gasteiger partial charge in [0, 0.05) is 24.8 Å². The topological polar surface area (TPSA) is 101 Å². The number of aryl methyl sites for hydroxylation is 1. The van der Waals surface area contributed by atoms with Crippen molar-refractivity contribution < 1.29 is 14.3 Å². The Morgan fingerprint density at radius 1 is 1.15 bits per heavy atom. The molecule has 2 rings (SSSR count). The number of nitrogens with one attached hydrogen (secondary N) is 3. The third-order valence-corrected chi connectivity index (χ3v) is 3.84. The summed E-state index contributed by atoms with van der Waals surface area (Å²) in [6.45, 7) is 1.86. The number of hydrogen-bond acceptors (Lipinski definition) is 4. The largest absolute Gasteiger partial charge is 0.496 e. The molecule has 1 aromatic carbocycles. The third kappa shape index (κ3) is 4.62. The first-order valence-electron chi connectivity index (χ1n) is 8.04. The highest BCUT2D eigenvalue weighted by Gasteiger charge is 2.12. The molecule has 0 bridgehead atoms. The molecule has 8 nitrogen and oxygen atoms in total. The molecule has 26 heavy (non-hydrogen) atoms. The predicted octanol–water partition coefficient (Wildman–Crippen LogP) is 1.23. The number of aromatic nitrogens is 1. The monoisotopic (exact) mass is 358 g/mol. The molecule has 0 atom stereocenters. The molecule has 0 saturated heterocycles. The van der Waals surface area contributed by atoms with Crippen LogP contribution in [0.5, 0.6) is 5.75 Å². The Morgan fingerprint density at radius 3 is 2.58 bits per heavy atom. The van der Waals surface area contributed by atoms with E-state index in [1.807, 2.05) is 24.3 Å². The van der Waals surface area contributed by atoms with Crippen molar-refractivity contribution in [2.24, 2.45) is 0 Å². The van der Waals surface area contributed by atoms with Crippen molar-refractivity contribution in [3.63, 3.8) is 0 Å². The molecule has 0 unspecified atom stereocenters. The average Bonchev–Trinajstić information content (AvgIpc) is 2.65. The number of hydrogen-bond donors (Lipinski definition) is 3. The van der Waals surface area contributed by atoms with E-state index in [1.54, 1.807) is 20.1 Å². The van der Waals surface area contributed by atoms with Crippen LogP contribution in [0.4, 0.5) is 10.5 Å². The fraction of sp³-hybridized carbons (Fsp3) is 0.278. The van der Waals surface area contributed by atoms with Crippen LogP contribution in [0.25, 0.3) is 0 Å². The van der Waals surface area contributed by atoms with Crippen LogP contribution in [-0.4, -0.2) is 30.7 Å². The standard InChI is InChI=1S/C18H22N4O4/c1-12-8-9-14(21-18(25)19-2)17(24)22(12)11-16(23)20-10-13-6-4-5-7-15(13)26-3/h4-9H,10-11H2,1-3H3,(H,20,23)(H2,19,21,25). The average molecular weight is 358 g/mol. The van der Waals surface area contributed by atoms with Crippen molar-refractivity contribution in [1.82, 2.24) is 15.2 Å². The van der Waals surface area contributed by atoms with E-state index in [0.717, 1.165) is 5.56 Å². The molecule has 0 radical (unpaired) electrons. The first-order chi connectivity index (χ1) is 12.5. The maximum atomic E-state index is 12.5. The minimum atomic E-state index is -0.502. The van der Waals surface area contributed by atoms with Crippen molar-refractivity contribution in [3.05, 3.63) is 58.0 Å². The Balaban J connectivity index is 2.10. The lowest BCUT2D eigenvalue weighted by Crippen LogP contribution is -2.35. The highest BCUT2D eigenvalue weighted by atomic mass is 16.5. The van der Waals surface area contributed by atoms with Gasteiger partial charge in [-0.15, -0.1) is 0 Å². The van der Waals surface area contributed by atoms with E-state index in [4.69, 9.17) is 4.74 Å². The van der Waals surface area contributed by atoms with Crippen LogP contribution in [0.3, 0.4) is 0 Å². The third-order valence-electron chi connectivity index (χ3n) is 3.84. The zero-order valence-corrected chi connectivity index (χ0v) is 15.0. The van der Waals surface area contributed by atoms with Crippen LogP contribution in [0.1, 0.15) is 11.3 Å². The summed E-state index contributed by atoms with van der Waals surface area (Å²) in [5.41, 5.74) is 1.11. The van der Waals surface area contributed by atoms with E-state index in [2.05, 4.69) is 16.0 Å². The van der Waals surface area contributed by atoms with Gasteiger partial charge < -0.3 is 25.3 Å². The molecule has 0 aliphatic heterocycles. The van der Waals surface area contributed by atoms with Gasteiger partial charge in [0.15, 0.2) is 0 Å². The van der Waals surface area contributed by atoms with E-state index in [1.165, 1.54) is 17.7 Å². The highest BCUT2D eigenvalue weighted by molar-refractivity contribution is 5.88.